The molecule has 3 unspecified atom stereocenters. The number of methoxy groups -OCH3 is 1. The van der Waals surface area contributed by atoms with Crippen LogP contribution in [0.5, 0.6) is 0 Å². The van der Waals surface area contributed by atoms with Gasteiger partial charge >= 0.3 is 0 Å². The van der Waals surface area contributed by atoms with Crippen LogP contribution in [0.3, 0.4) is 0 Å². The minimum Gasteiger partial charge on any atom is -0.393 e. The number of ether oxygens (including phenoxy) is 2. The highest BCUT2D eigenvalue weighted by Gasteiger charge is 2.37. The fourth-order valence-electron chi connectivity index (χ4n) is 3.69. The molecule has 0 radical (unpaired) electrons. The van der Waals surface area contributed by atoms with Crippen LogP contribution < -0.4 is 0 Å². The average molecular weight is 299 g/mol. The summed E-state index contributed by atoms with van der Waals surface area (Å²) in [5, 5.41) is 10.3. The van der Waals surface area contributed by atoms with Crippen molar-refractivity contribution in [1.82, 2.24) is 4.90 Å². The van der Waals surface area contributed by atoms with Crippen molar-refractivity contribution < 1.29 is 19.4 Å². The summed E-state index contributed by atoms with van der Waals surface area (Å²) in [6.45, 7) is 1.90. The lowest BCUT2D eigenvalue weighted by Gasteiger charge is -2.43. The van der Waals surface area contributed by atoms with Gasteiger partial charge in [0.05, 0.1) is 19.3 Å². The Kier molecular flexibility index (Phi) is 6.93. The lowest BCUT2D eigenvalue weighted by atomic mass is 9.78. The molecule has 1 aliphatic carbocycles. The first-order valence-electron chi connectivity index (χ1n) is 8.28. The maximum absolute atomic E-state index is 12.4. The van der Waals surface area contributed by atoms with Crippen molar-refractivity contribution in [2.45, 2.75) is 57.1 Å². The number of piperidine rings is 1. The molecule has 5 heteroatoms. The molecule has 0 spiro atoms. The molecule has 2 aliphatic rings. The molecule has 1 amide bonds. The van der Waals surface area contributed by atoms with Crippen LogP contribution in [0.1, 0.15) is 44.9 Å². The molecule has 1 saturated heterocycles. The summed E-state index contributed by atoms with van der Waals surface area (Å²) in [4.78, 5) is 14.4. The number of hydrogen-bond acceptors (Lipinski definition) is 4. The van der Waals surface area contributed by atoms with Crippen molar-refractivity contribution in [2.24, 2.45) is 5.92 Å². The minimum atomic E-state index is -0.244. The minimum absolute atomic E-state index is 0.0635. The van der Waals surface area contributed by atoms with E-state index < -0.39 is 0 Å². The molecule has 1 saturated carbocycles. The lowest BCUT2D eigenvalue weighted by Crippen LogP contribution is -2.52. The van der Waals surface area contributed by atoms with Crippen LogP contribution in [0.2, 0.25) is 0 Å². The van der Waals surface area contributed by atoms with Gasteiger partial charge in [0.25, 0.3) is 0 Å². The predicted octanol–water partition coefficient (Wildman–Crippen LogP) is 1.58. The molecular formula is C16H29NO4. The van der Waals surface area contributed by atoms with Crippen molar-refractivity contribution in [3.05, 3.63) is 0 Å². The molecule has 0 aromatic rings. The van der Waals surface area contributed by atoms with Gasteiger partial charge in [-0.25, -0.2) is 0 Å². The third-order valence-corrected chi connectivity index (χ3v) is 4.80. The Morgan fingerprint density at radius 1 is 1.14 bits per heavy atom. The second-order valence-corrected chi connectivity index (χ2v) is 6.21. The summed E-state index contributed by atoms with van der Waals surface area (Å²) in [6, 6.07) is 0.201. The Hall–Kier alpha value is -0.650. The highest BCUT2D eigenvalue weighted by atomic mass is 16.5. The molecular weight excluding hydrogens is 270 g/mol. The smallest absolute Gasteiger partial charge is 0.248 e. The lowest BCUT2D eigenvalue weighted by molar-refractivity contribution is -0.143. The number of aliphatic hydroxyl groups is 1. The largest absolute Gasteiger partial charge is 0.393 e. The number of amides is 1. The molecule has 1 heterocycles. The Morgan fingerprint density at radius 3 is 2.67 bits per heavy atom. The molecule has 21 heavy (non-hydrogen) atoms. The molecule has 1 N–H and O–H groups in total. The summed E-state index contributed by atoms with van der Waals surface area (Å²) < 4.78 is 10.3. The number of nitrogens with zero attached hydrogens (tertiary/aromatic N) is 1. The molecule has 5 nitrogen and oxygen atoms in total. The molecule has 122 valence electrons. The van der Waals surface area contributed by atoms with Crippen LogP contribution in [0.15, 0.2) is 0 Å². The molecule has 0 bridgehead atoms. The van der Waals surface area contributed by atoms with Gasteiger partial charge < -0.3 is 19.5 Å². The summed E-state index contributed by atoms with van der Waals surface area (Å²) in [6.07, 6.45) is 7.19. The monoisotopic (exact) mass is 299 g/mol. The van der Waals surface area contributed by atoms with E-state index in [0.29, 0.717) is 13.2 Å². The first-order valence-corrected chi connectivity index (χ1v) is 8.28. The molecule has 2 rings (SSSR count). The Labute approximate surface area is 127 Å². The van der Waals surface area contributed by atoms with E-state index >= 15 is 0 Å². The summed E-state index contributed by atoms with van der Waals surface area (Å²) in [5.74, 6) is 0.315. The summed E-state index contributed by atoms with van der Waals surface area (Å²) in [5.41, 5.74) is 0. The highest BCUT2D eigenvalue weighted by molar-refractivity contribution is 5.78. The molecule has 0 aromatic heterocycles. The number of carbonyl (C=O) groups excluding carboxylic acids is 1. The summed E-state index contributed by atoms with van der Waals surface area (Å²) >= 11 is 0. The number of carbonyl (C=O) groups is 1. The fraction of sp³-hybridized carbons (Fsp3) is 0.938. The van der Waals surface area contributed by atoms with Crippen LogP contribution >= 0.6 is 0 Å². The van der Waals surface area contributed by atoms with Gasteiger partial charge in [-0.15, -0.1) is 0 Å². The van der Waals surface area contributed by atoms with Crippen LogP contribution in [0, 0.1) is 5.92 Å². The van der Waals surface area contributed by atoms with E-state index in [2.05, 4.69) is 0 Å². The van der Waals surface area contributed by atoms with E-state index in [1.165, 1.54) is 6.42 Å². The zero-order valence-corrected chi connectivity index (χ0v) is 13.1. The van der Waals surface area contributed by atoms with E-state index in [4.69, 9.17) is 9.47 Å². The van der Waals surface area contributed by atoms with Crippen molar-refractivity contribution in [1.29, 1.82) is 0 Å². The highest BCUT2D eigenvalue weighted by Crippen LogP contribution is 2.34. The van der Waals surface area contributed by atoms with Gasteiger partial charge in [-0.1, -0.05) is 12.8 Å². The maximum atomic E-state index is 12.4. The van der Waals surface area contributed by atoms with Gasteiger partial charge in [0.1, 0.15) is 6.61 Å². The standard InChI is InChI=1S/C16H29NO4/c1-20-10-11-21-12-16(19)17-9-5-4-7-14(17)13-6-2-3-8-15(13)18/h13-15,18H,2-12H2,1H3. The topological polar surface area (TPSA) is 59.0 Å². The number of likely N-dealkylation sites (tertiary alicyclic amines) is 1. The third kappa shape index (κ3) is 4.66. The van der Waals surface area contributed by atoms with Crippen LogP contribution in [0.4, 0.5) is 0 Å². The van der Waals surface area contributed by atoms with Crippen molar-refractivity contribution in [3.63, 3.8) is 0 Å². The molecule has 3 atom stereocenters. The number of rotatable bonds is 6. The molecule has 2 fully saturated rings. The van der Waals surface area contributed by atoms with Gasteiger partial charge in [0, 0.05) is 25.6 Å². The van der Waals surface area contributed by atoms with Gasteiger partial charge in [-0.3, -0.25) is 4.79 Å². The third-order valence-electron chi connectivity index (χ3n) is 4.80. The van der Waals surface area contributed by atoms with Gasteiger partial charge in [0.15, 0.2) is 0 Å². The first kappa shape index (κ1) is 16.7. The van der Waals surface area contributed by atoms with E-state index in [9.17, 15) is 9.90 Å². The quantitative estimate of drug-likeness (QED) is 0.757. The number of aliphatic hydroxyl groups excluding tert-OH is 1. The fourth-order valence-corrected chi connectivity index (χ4v) is 3.69. The Morgan fingerprint density at radius 2 is 1.90 bits per heavy atom. The van der Waals surface area contributed by atoms with E-state index in [-0.39, 0.29) is 30.6 Å². The molecule has 1 aliphatic heterocycles. The van der Waals surface area contributed by atoms with E-state index in [1.807, 2.05) is 4.90 Å². The van der Waals surface area contributed by atoms with Gasteiger partial charge in [-0.2, -0.15) is 0 Å². The zero-order valence-electron chi connectivity index (χ0n) is 13.1. The zero-order chi connectivity index (χ0) is 15.1. The Bertz CT molecular complexity index is 323. The van der Waals surface area contributed by atoms with Crippen molar-refractivity contribution in [2.75, 3.05) is 33.5 Å². The van der Waals surface area contributed by atoms with E-state index in [1.54, 1.807) is 7.11 Å². The van der Waals surface area contributed by atoms with Crippen LogP contribution in [-0.4, -0.2) is 61.5 Å². The predicted molar refractivity (Wildman–Crippen MR) is 80.0 cm³/mol. The SMILES string of the molecule is COCCOCC(=O)N1CCCCC1C1CCCCC1O. The van der Waals surface area contributed by atoms with Crippen molar-refractivity contribution >= 4 is 5.91 Å². The van der Waals surface area contributed by atoms with Crippen LogP contribution in [0.25, 0.3) is 0 Å². The van der Waals surface area contributed by atoms with Crippen molar-refractivity contribution in [3.8, 4) is 0 Å². The molecule has 0 aromatic carbocycles. The van der Waals surface area contributed by atoms with Crippen LogP contribution in [-0.2, 0) is 14.3 Å². The average Bonchev–Trinajstić information content (AvgIpc) is 2.52. The summed E-state index contributed by atoms with van der Waals surface area (Å²) in [7, 11) is 1.62. The first-order chi connectivity index (χ1) is 10.2. The van der Waals surface area contributed by atoms with Gasteiger partial charge in [-0.05, 0) is 32.1 Å². The maximum Gasteiger partial charge on any atom is 0.248 e. The van der Waals surface area contributed by atoms with Gasteiger partial charge in [0.2, 0.25) is 5.91 Å². The second kappa shape index (κ2) is 8.71. The normalized spacial score (nSPS) is 30.4. The number of hydrogen-bond donors (Lipinski definition) is 1. The van der Waals surface area contributed by atoms with E-state index in [0.717, 1.165) is 45.1 Å². The second-order valence-electron chi connectivity index (χ2n) is 6.21. The Balaban J connectivity index is 1.89.